The lowest BCUT2D eigenvalue weighted by Crippen LogP contribution is -2.45. The predicted molar refractivity (Wildman–Crippen MR) is 129 cm³/mol. The molecule has 6 nitrogen and oxygen atoms in total. The average Bonchev–Trinajstić information content (AvgIpc) is 3.48. The minimum atomic E-state index is 0.423. The topological polar surface area (TPSA) is 52.1 Å². The molecule has 2 aromatic rings. The van der Waals surface area contributed by atoms with E-state index < -0.39 is 0 Å². The quantitative estimate of drug-likeness (QED) is 0.530. The summed E-state index contributed by atoms with van der Waals surface area (Å²) in [7, 11) is 1.74. The van der Waals surface area contributed by atoms with Crippen LogP contribution in [-0.4, -0.2) is 58.4 Å². The van der Waals surface area contributed by atoms with Crippen LogP contribution in [0.1, 0.15) is 19.8 Å². The predicted octanol–water partition coefficient (Wildman–Crippen LogP) is 3.36. The second-order valence-electron chi connectivity index (χ2n) is 8.40. The Hall–Kier alpha value is -2.89. The van der Waals surface area contributed by atoms with E-state index in [9.17, 15) is 0 Å². The molecule has 0 radical (unpaired) electrons. The lowest BCUT2D eigenvalue weighted by atomic mass is 10.1. The molecule has 2 unspecified atom stereocenters. The zero-order valence-electron chi connectivity index (χ0n) is 18.8. The normalized spacial score (nSPS) is 21.4. The number of guanidine groups is 1. The molecule has 2 aliphatic heterocycles. The van der Waals surface area contributed by atoms with Crippen molar-refractivity contribution < 1.29 is 4.74 Å². The van der Waals surface area contributed by atoms with Crippen LogP contribution in [0.3, 0.4) is 0 Å². The number of aliphatic imine (C=N–C) groups is 1. The molecule has 4 rings (SSSR count). The van der Waals surface area contributed by atoms with Crippen molar-refractivity contribution in [2.45, 2.75) is 25.8 Å². The fourth-order valence-corrected chi connectivity index (χ4v) is 4.58. The van der Waals surface area contributed by atoms with Crippen LogP contribution in [0.5, 0.6) is 5.75 Å². The highest BCUT2D eigenvalue weighted by atomic mass is 16.5. The van der Waals surface area contributed by atoms with Crippen molar-refractivity contribution in [1.29, 1.82) is 0 Å². The van der Waals surface area contributed by atoms with Crippen molar-refractivity contribution in [2.75, 3.05) is 56.2 Å². The molecule has 0 aromatic heterocycles. The van der Waals surface area contributed by atoms with Gasteiger partial charge in [0.1, 0.15) is 5.75 Å². The van der Waals surface area contributed by atoms with Crippen LogP contribution in [-0.2, 0) is 0 Å². The van der Waals surface area contributed by atoms with Gasteiger partial charge in [-0.1, -0.05) is 30.3 Å². The Morgan fingerprint density at radius 3 is 2.58 bits per heavy atom. The molecular weight excluding hydrogens is 386 g/mol. The molecule has 2 heterocycles. The third-order valence-electron chi connectivity index (χ3n) is 6.21. The maximum atomic E-state index is 5.54. The summed E-state index contributed by atoms with van der Waals surface area (Å²) in [5.41, 5.74) is 2.49. The summed E-state index contributed by atoms with van der Waals surface area (Å²) in [5.74, 6) is 2.45. The molecule has 31 heavy (non-hydrogen) atoms. The fraction of sp³-hybridized carbons (Fsp3) is 0.480. The molecule has 2 saturated heterocycles. The van der Waals surface area contributed by atoms with Gasteiger partial charge in [0.2, 0.25) is 0 Å². The first-order valence-corrected chi connectivity index (χ1v) is 11.5. The molecule has 0 bridgehead atoms. The standard InChI is InChI=1S/C25H35N5O/c1-3-26-25(28-21-14-16-29(19-21)22-9-5-4-6-10-22)27-17-20-13-15-30(18-20)23-11-7-8-12-24(23)31-2/h4-12,20-21H,3,13-19H2,1-2H3,(H2,26,27,28). The van der Waals surface area contributed by atoms with Gasteiger partial charge in [-0.05, 0) is 49.9 Å². The number of nitrogens with one attached hydrogen (secondary N) is 2. The summed E-state index contributed by atoms with van der Waals surface area (Å²) >= 11 is 0. The minimum absolute atomic E-state index is 0.423. The lowest BCUT2D eigenvalue weighted by Gasteiger charge is -2.21. The van der Waals surface area contributed by atoms with E-state index in [1.54, 1.807) is 7.11 Å². The molecule has 2 atom stereocenters. The summed E-state index contributed by atoms with van der Waals surface area (Å²) in [6, 6.07) is 19.4. The number of anilines is 2. The molecular formula is C25H35N5O. The molecule has 0 aliphatic carbocycles. The molecule has 2 N–H and O–H groups in total. The van der Waals surface area contributed by atoms with Crippen molar-refractivity contribution >= 4 is 17.3 Å². The Labute approximate surface area is 186 Å². The van der Waals surface area contributed by atoms with Crippen LogP contribution in [0.2, 0.25) is 0 Å². The molecule has 2 fully saturated rings. The van der Waals surface area contributed by atoms with Gasteiger partial charge in [0.05, 0.1) is 12.8 Å². The summed E-state index contributed by atoms with van der Waals surface area (Å²) in [6.07, 6.45) is 2.29. The van der Waals surface area contributed by atoms with Crippen LogP contribution in [0.15, 0.2) is 59.6 Å². The number of ether oxygens (including phenoxy) is 1. The van der Waals surface area contributed by atoms with Gasteiger partial charge in [0, 0.05) is 51.0 Å². The molecule has 0 amide bonds. The highest BCUT2D eigenvalue weighted by Crippen LogP contribution is 2.32. The average molecular weight is 422 g/mol. The number of rotatable bonds is 7. The lowest BCUT2D eigenvalue weighted by molar-refractivity contribution is 0.414. The first-order valence-electron chi connectivity index (χ1n) is 11.5. The van der Waals surface area contributed by atoms with E-state index in [0.29, 0.717) is 12.0 Å². The molecule has 2 aliphatic rings. The highest BCUT2D eigenvalue weighted by molar-refractivity contribution is 5.80. The van der Waals surface area contributed by atoms with Gasteiger partial charge in [-0.25, -0.2) is 0 Å². The van der Waals surface area contributed by atoms with Crippen LogP contribution >= 0.6 is 0 Å². The van der Waals surface area contributed by atoms with Gasteiger partial charge in [0.15, 0.2) is 5.96 Å². The van der Waals surface area contributed by atoms with Crippen LogP contribution in [0.4, 0.5) is 11.4 Å². The van der Waals surface area contributed by atoms with Gasteiger partial charge in [-0.15, -0.1) is 0 Å². The third kappa shape index (κ3) is 5.43. The zero-order chi connectivity index (χ0) is 21.5. The second kappa shape index (κ2) is 10.4. The Balaban J connectivity index is 1.31. The number of hydrogen-bond donors (Lipinski definition) is 2. The maximum absolute atomic E-state index is 5.54. The molecule has 166 valence electrons. The molecule has 0 spiro atoms. The summed E-state index contributed by atoms with van der Waals surface area (Å²) < 4.78 is 5.54. The van der Waals surface area contributed by atoms with E-state index in [1.807, 2.05) is 12.1 Å². The van der Waals surface area contributed by atoms with E-state index in [0.717, 1.165) is 63.8 Å². The van der Waals surface area contributed by atoms with Crippen LogP contribution < -0.4 is 25.2 Å². The SMILES string of the molecule is CCNC(=NCC1CCN(c2ccccc2OC)C1)NC1CCN(c2ccccc2)C1. The van der Waals surface area contributed by atoms with Crippen molar-refractivity contribution in [3.63, 3.8) is 0 Å². The van der Waals surface area contributed by atoms with Gasteiger partial charge in [-0.3, -0.25) is 4.99 Å². The van der Waals surface area contributed by atoms with E-state index in [2.05, 4.69) is 69.8 Å². The van der Waals surface area contributed by atoms with Crippen LogP contribution in [0, 0.1) is 5.92 Å². The zero-order valence-corrected chi connectivity index (χ0v) is 18.8. The van der Waals surface area contributed by atoms with E-state index >= 15 is 0 Å². The Bertz CT molecular complexity index is 856. The summed E-state index contributed by atoms with van der Waals surface area (Å²) in [4.78, 5) is 9.82. The Morgan fingerprint density at radius 1 is 1.00 bits per heavy atom. The smallest absolute Gasteiger partial charge is 0.191 e. The largest absolute Gasteiger partial charge is 0.495 e. The van der Waals surface area contributed by atoms with Gasteiger partial charge < -0.3 is 25.2 Å². The van der Waals surface area contributed by atoms with Gasteiger partial charge in [0.25, 0.3) is 0 Å². The Morgan fingerprint density at radius 2 is 1.77 bits per heavy atom. The number of nitrogens with zero attached hydrogens (tertiary/aromatic N) is 3. The van der Waals surface area contributed by atoms with Crippen molar-refractivity contribution in [3.8, 4) is 5.75 Å². The number of para-hydroxylation sites is 3. The van der Waals surface area contributed by atoms with Crippen LogP contribution in [0.25, 0.3) is 0 Å². The highest BCUT2D eigenvalue weighted by Gasteiger charge is 2.26. The number of benzene rings is 2. The maximum Gasteiger partial charge on any atom is 0.191 e. The molecule has 0 saturated carbocycles. The molecule has 2 aromatic carbocycles. The summed E-state index contributed by atoms with van der Waals surface area (Å²) in [6.45, 7) is 8.01. The fourth-order valence-electron chi connectivity index (χ4n) is 4.58. The van der Waals surface area contributed by atoms with E-state index in [-0.39, 0.29) is 0 Å². The minimum Gasteiger partial charge on any atom is -0.495 e. The monoisotopic (exact) mass is 421 g/mol. The van der Waals surface area contributed by atoms with E-state index in [4.69, 9.17) is 9.73 Å². The summed E-state index contributed by atoms with van der Waals surface area (Å²) in [5, 5.41) is 7.10. The Kier molecular flexibility index (Phi) is 7.18. The van der Waals surface area contributed by atoms with Crippen molar-refractivity contribution in [1.82, 2.24) is 10.6 Å². The van der Waals surface area contributed by atoms with Gasteiger partial charge >= 0.3 is 0 Å². The number of methoxy groups -OCH3 is 1. The first kappa shape index (κ1) is 21.3. The first-order chi connectivity index (χ1) is 15.3. The van der Waals surface area contributed by atoms with Gasteiger partial charge in [-0.2, -0.15) is 0 Å². The van der Waals surface area contributed by atoms with E-state index in [1.165, 1.54) is 11.4 Å². The second-order valence-corrected chi connectivity index (χ2v) is 8.40. The van der Waals surface area contributed by atoms with Crippen molar-refractivity contribution in [2.24, 2.45) is 10.9 Å². The molecule has 6 heteroatoms. The third-order valence-corrected chi connectivity index (χ3v) is 6.21. The van der Waals surface area contributed by atoms with Crippen molar-refractivity contribution in [3.05, 3.63) is 54.6 Å². The number of hydrogen-bond acceptors (Lipinski definition) is 4.